The van der Waals surface area contributed by atoms with E-state index in [9.17, 15) is 57.8 Å². The smallest absolute Gasteiger partial charge is 0.334 e. The van der Waals surface area contributed by atoms with Crippen LogP contribution in [-0.4, -0.2) is 202 Å². The topological polar surface area (TPSA) is 279 Å². The Hall–Kier alpha value is -6.39. The first kappa shape index (κ1) is 66.6. The number of nitrogens with zero attached hydrogens (tertiary/aromatic N) is 7. The molecule has 5 N–H and O–H groups in total. The maximum Gasteiger partial charge on any atom is 0.334 e. The van der Waals surface area contributed by atoms with E-state index in [0.29, 0.717) is 16.2 Å². The summed E-state index contributed by atoms with van der Waals surface area (Å²) in [5, 5.41) is 21.2. The highest BCUT2D eigenvalue weighted by Gasteiger charge is 2.42. The van der Waals surface area contributed by atoms with Gasteiger partial charge in [0.05, 0.1) is 5.60 Å². The van der Waals surface area contributed by atoms with E-state index >= 15 is 0 Å². The largest absolute Gasteiger partial charge is 0.390 e. The van der Waals surface area contributed by atoms with Crippen LogP contribution in [0.5, 0.6) is 0 Å². The zero-order valence-corrected chi connectivity index (χ0v) is 48.0. The van der Waals surface area contributed by atoms with Gasteiger partial charge in [-0.05, 0) is 83.5 Å². The van der Waals surface area contributed by atoms with Crippen LogP contribution in [0.3, 0.4) is 0 Å². The van der Waals surface area contributed by atoms with Crippen molar-refractivity contribution >= 4 is 65.4 Å². The van der Waals surface area contributed by atoms with Crippen LogP contribution in [0.4, 0.5) is 14.4 Å². The minimum Gasteiger partial charge on any atom is -0.390 e. The summed E-state index contributed by atoms with van der Waals surface area (Å²) >= 11 is 0. The van der Waals surface area contributed by atoms with Crippen LogP contribution in [0.1, 0.15) is 122 Å². The summed E-state index contributed by atoms with van der Waals surface area (Å²) in [6, 6.07) is -12.5. The first-order valence-electron chi connectivity index (χ1n) is 25.6. The standard InChI is InChI=1S/C52H89N11O12/c1-21-23-24-32(9)27-37-43(66)54-35(22-2)46(69)57(14)34(11)45(68)59(16)39(28-52(12,13)75)44(67)55-40(31(7)8)48(71)58(15)36(25-29(3)4)42(65)53-33(10)41(64)56-49(72)60(17)38(26-30(5)6)47(70)62(19)51(74)63(20)50(73)61(37)18/h21,23,29-33,35-40,75H,11,22,24-28H2,1-10,12-20H3,(H,53,65)(H,54,66)(H,55,67)(H,56,64,72)/b23-21+/t32-,33+,35+,36+,37?,38-,39+,40+/m1/s1. The molecule has 0 radical (unpaired) electrons. The fourth-order valence-corrected chi connectivity index (χ4v) is 8.33. The summed E-state index contributed by atoms with van der Waals surface area (Å²) in [6.07, 6.45) is 3.99. The van der Waals surface area contributed by atoms with E-state index in [2.05, 4.69) is 27.8 Å². The molecule has 23 nitrogen and oxygen atoms in total. The summed E-state index contributed by atoms with van der Waals surface area (Å²) in [7, 11) is 8.64. The Morgan fingerprint density at radius 3 is 1.60 bits per heavy atom. The molecule has 1 aliphatic heterocycles. The third-order valence-electron chi connectivity index (χ3n) is 13.2. The number of rotatable bonds is 12. The molecule has 1 fully saturated rings. The number of carbonyl (C=O) groups excluding carboxylic acids is 11. The van der Waals surface area contributed by atoms with Crippen molar-refractivity contribution in [2.75, 3.05) is 49.3 Å². The van der Waals surface area contributed by atoms with Gasteiger partial charge in [-0.1, -0.05) is 74.1 Å². The predicted molar refractivity (Wildman–Crippen MR) is 283 cm³/mol. The van der Waals surface area contributed by atoms with Crippen molar-refractivity contribution < 1.29 is 57.8 Å². The quantitative estimate of drug-likeness (QED) is 0.139. The molecule has 0 aromatic rings. The van der Waals surface area contributed by atoms with Crippen LogP contribution < -0.4 is 21.3 Å². The lowest BCUT2D eigenvalue weighted by Crippen LogP contribution is -2.61. The molecule has 0 spiro atoms. The van der Waals surface area contributed by atoms with E-state index in [-0.39, 0.29) is 49.9 Å². The van der Waals surface area contributed by atoms with Crippen molar-refractivity contribution in [1.82, 2.24) is 55.6 Å². The van der Waals surface area contributed by atoms with Gasteiger partial charge in [0.15, 0.2) is 0 Å². The van der Waals surface area contributed by atoms with Gasteiger partial charge in [-0.2, -0.15) is 0 Å². The number of amides is 14. The van der Waals surface area contributed by atoms with Gasteiger partial charge < -0.3 is 45.6 Å². The number of likely N-dealkylation sites (N-methyl/N-ethyl adjacent to an activating group) is 6. The summed E-state index contributed by atoms with van der Waals surface area (Å²) in [6.45, 7) is 23.7. The fraction of sp³-hybridized carbons (Fsp3) is 0.712. The molecular weight excluding hydrogens is 971 g/mol. The van der Waals surface area contributed by atoms with E-state index in [4.69, 9.17) is 0 Å². The van der Waals surface area contributed by atoms with Crippen LogP contribution in [0.25, 0.3) is 0 Å². The molecule has 1 unspecified atom stereocenters. The lowest BCUT2D eigenvalue weighted by atomic mass is 9.95. The van der Waals surface area contributed by atoms with Crippen molar-refractivity contribution in [3.8, 4) is 0 Å². The van der Waals surface area contributed by atoms with Gasteiger partial charge in [-0.3, -0.25) is 48.6 Å². The minimum absolute atomic E-state index is 0.00426. The first-order valence-corrected chi connectivity index (χ1v) is 25.6. The average Bonchev–Trinajstić information content (AvgIpc) is 3.33. The van der Waals surface area contributed by atoms with Crippen molar-refractivity contribution in [2.24, 2.45) is 23.7 Å². The Kier molecular flexibility index (Phi) is 25.8. The van der Waals surface area contributed by atoms with Crippen molar-refractivity contribution in [2.45, 2.75) is 170 Å². The molecule has 23 heteroatoms. The Bertz CT molecular complexity index is 2140. The van der Waals surface area contributed by atoms with Gasteiger partial charge in [0.1, 0.15) is 48.0 Å². The van der Waals surface area contributed by atoms with Crippen LogP contribution in [0.15, 0.2) is 24.4 Å². The van der Waals surface area contributed by atoms with Crippen LogP contribution in [0.2, 0.25) is 0 Å². The van der Waals surface area contributed by atoms with Crippen molar-refractivity contribution in [3.63, 3.8) is 0 Å². The molecule has 0 bridgehead atoms. The predicted octanol–water partition coefficient (Wildman–Crippen LogP) is 2.88. The third-order valence-corrected chi connectivity index (χ3v) is 13.2. The minimum atomic E-state index is -1.56. The molecule has 1 saturated heterocycles. The zero-order valence-electron chi connectivity index (χ0n) is 48.0. The number of carbonyl (C=O) groups is 11. The number of aliphatic hydroxyl groups is 1. The van der Waals surface area contributed by atoms with Crippen LogP contribution >= 0.6 is 0 Å². The van der Waals surface area contributed by atoms with Gasteiger partial charge in [0.2, 0.25) is 35.4 Å². The van der Waals surface area contributed by atoms with E-state index in [1.54, 1.807) is 34.6 Å². The van der Waals surface area contributed by atoms with Gasteiger partial charge in [-0.15, -0.1) is 0 Å². The first-order chi connectivity index (χ1) is 34.5. The Labute approximate surface area is 444 Å². The normalized spacial score (nSPS) is 25.0. The number of hydrogen-bond donors (Lipinski definition) is 5. The number of imide groups is 3. The molecule has 8 atom stereocenters. The number of hydrogen-bond acceptors (Lipinski definition) is 12. The molecule has 0 aromatic heterocycles. The number of nitrogens with one attached hydrogen (secondary N) is 4. The zero-order chi connectivity index (χ0) is 58.3. The Balaban J connectivity index is 4.14. The van der Waals surface area contributed by atoms with Crippen LogP contribution in [0, 0.1) is 23.7 Å². The Morgan fingerprint density at radius 2 is 1.11 bits per heavy atom. The highest BCUT2D eigenvalue weighted by Crippen LogP contribution is 2.23. The molecule has 0 saturated carbocycles. The van der Waals surface area contributed by atoms with Crippen molar-refractivity contribution in [3.05, 3.63) is 24.4 Å². The molecular formula is C52H89N11O12. The summed E-state index contributed by atoms with van der Waals surface area (Å²) < 4.78 is 0. The molecule has 1 aliphatic rings. The van der Waals surface area contributed by atoms with Crippen LogP contribution in [-0.2, 0) is 38.4 Å². The SMILES string of the molecule is C=C1C(=O)N(C)[C@@H](CC(C)(C)O)C(=O)N[C@@H](C(C)C)C(=O)N(C)[C@@H](CC(C)C)C(=O)N[C@@H](C)C(=O)NC(=O)N(C)[C@H](CC(C)C)C(=O)N(C)C(=O)N(C)C(=O)N(C)C(C[C@H](C)C/C=C/C)C(=O)N[C@@H](CC)C(=O)N1C. The third kappa shape index (κ3) is 18.7. The van der Waals surface area contributed by atoms with E-state index in [1.165, 1.54) is 56.0 Å². The molecule has 1 heterocycles. The molecule has 14 amide bonds. The van der Waals surface area contributed by atoms with E-state index < -0.39 is 125 Å². The van der Waals surface area contributed by atoms with E-state index in [1.807, 2.05) is 39.8 Å². The monoisotopic (exact) mass is 1060 g/mol. The summed E-state index contributed by atoms with van der Waals surface area (Å²) in [5.74, 6) is -7.95. The van der Waals surface area contributed by atoms with Gasteiger partial charge >= 0.3 is 18.1 Å². The second-order valence-electron chi connectivity index (χ2n) is 21.7. The molecule has 1 rings (SSSR count). The van der Waals surface area contributed by atoms with Gasteiger partial charge in [0, 0.05) is 55.8 Å². The number of allylic oxidation sites excluding steroid dienone is 2. The molecule has 0 aliphatic carbocycles. The molecule has 0 aromatic carbocycles. The average molecular weight is 1060 g/mol. The second kappa shape index (κ2) is 29.1. The molecule has 75 heavy (non-hydrogen) atoms. The molecule has 424 valence electrons. The maximum absolute atomic E-state index is 14.4. The maximum atomic E-state index is 14.4. The highest BCUT2D eigenvalue weighted by atomic mass is 16.3. The van der Waals surface area contributed by atoms with E-state index in [0.717, 1.165) is 38.6 Å². The lowest BCUT2D eigenvalue weighted by Gasteiger charge is -2.37. The van der Waals surface area contributed by atoms with Crippen molar-refractivity contribution in [1.29, 1.82) is 0 Å². The summed E-state index contributed by atoms with van der Waals surface area (Å²) in [4.78, 5) is 162. The van der Waals surface area contributed by atoms with Gasteiger partial charge in [0.25, 0.3) is 11.8 Å². The second-order valence-corrected chi connectivity index (χ2v) is 21.7. The fourth-order valence-electron chi connectivity index (χ4n) is 8.33. The summed E-state index contributed by atoms with van der Waals surface area (Å²) in [5.41, 5.74) is -1.98. The number of urea groups is 3. The Morgan fingerprint density at radius 1 is 0.600 bits per heavy atom. The van der Waals surface area contributed by atoms with Gasteiger partial charge in [-0.25, -0.2) is 19.3 Å². The highest BCUT2D eigenvalue weighted by molar-refractivity contribution is 6.06. The lowest BCUT2D eigenvalue weighted by molar-refractivity contribution is -0.146.